The summed E-state index contributed by atoms with van der Waals surface area (Å²) >= 11 is 0. The highest BCUT2D eigenvalue weighted by Gasteiger charge is 2.37. The van der Waals surface area contributed by atoms with Crippen LogP contribution in [0.4, 0.5) is 11.4 Å². The number of hydrogen-bond acceptors (Lipinski definition) is 3. The summed E-state index contributed by atoms with van der Waals surface area (Å²) in [6.45, 7) is 2.17. The first-order valence-electron chi connectivity index (χ1n) is 4.71. The first-order valence-corrected chi connectivity index (χ1v) is 4.71. The summed E-state index contributed by atoms with van der Waals surface area (Å²) in [6, 6.07) is 7.42. The van der Waals surface area contributed by atoms with Gasteiger partial charge in [-0.1, -0.05) is 0 Å². The van der Waals surface area contributed by atoms with Crippen molar-refractivity contribution < 1.29 is 0 Å². The van der Waals surface area contributed by atoms with Gasteiger partial charge in [-0.3, -0.25) is 0 Å². The van der Waals surface area contributed by atoms with Crippen molar-refractivity contribution in [2.75, 3.05) is 11.1 Å². The zero-order chi connectivity index (χ0) is 10.2. The van der Waals surface area contributed by atoms with Crippen LogP contribution in [0.15, 0.2) is 18.2 Å². The molecule has 1 aromatic carbocycles. The molecule has 0 bridgehead atoms. The molecule has 1 aliphatic carbocycles. The lowest BCUT2D eigenvalue weighted by Crippen LogP contribution is -2.16. The molecule has 0 unspecified atom stereocenters. The number of anilines is 2. The first-order chi connectivity index (χ1) is 6.63. The second-order valence-corrected chi connectivity index (χ2v) is 4.10. The van der Waals surface area contributed by atoms with E-state index < -0.39 is 0 Å². The molecule has 0 radical (unpaired) electrons. The van der Waals surface area contributed by atoms with Gasteiger partial charge in [-0.2, -0.15) is 5.26 Å². The van der Waals surface area contributed by atoms with E-state index in [0.717, 1.165) is 5.69 Å². The van der Waals surface area contributed by atoms with Crippen molar-refractivity contribution in [2.24, 2.45) is 0 Å². The number of nitrogens with zero attached hydrogens (tertiary/aromatic N) is 1. The second kappa shape index (κ2) is 2.91. The minimum absolute atomic E-state index is 0.224. The molecule has 3 heteroatoms. The highest BCUT2D eigenvalue weighted by atomic mass is 15.0. The third-order valence-corrected chi connectivity index (χ3v) is 2.62. The molecule has 72 valence electrons. The van der Waals surface area contributed by atoms with E-state index in [4.69, 9.17) is 11.0 Å². The van der Waals surface area contributed by atoms with Crippen LogP contribution in [0.5, 0.6) is 0 Å². The fourth-order valence-corrected chi connectivity index (χ4v) is 1.38. The van der Waals surface area contributed by atoms with Crippen molar-refractivity contribution in [3.8, 4) is 6.07 Å². The highest BCUT2D eigenvalue weighted by Crippen LogP contribution is 2.39. The molecule has 14 heavy (non-hydrogen) atoms. The van der Waals surface area contributed by atoms with Gasteiger partial charge in [0.25, 0.3) is 0 Å². The van der Waals surface area contributed by atoms with E-state index in [1.165, 1.54) is 12.8 Å². The lowest BCUT2D eigenvalue weighted by molar-refractivity contribution is 0.830. The van der Waals surface area contributed by atoms with Crippen LogP contribution >= 0.6 is 0 Å². The van der Waals surface area contributed by atoms with E-state index in [1.54, 1.807) is 12.1 Å². The van der Waals surface area contributed by atoms with Crippen molar-refractivity contribution in [1.82, 2.24) is 0 Å². The maximum Gasteiger partial charge on any atom is 0.0992 e. The van der Waals surface area contributed by atoms with Crippen LogP contribution in [-0.2, 0) is 0 Å². The number of nitrogens with one attached hydrogen (secondary N) is 1. The summed E-state index contributed by atoms with van der Waals surface area (Å²) in [5.41, 5.74) is 8.23. The molecular weight excluding hydrogens is 174 g/mol. The average Bonchev–Trinajstić information content (AvgIpc) is 2.88. The Kier molecular flexibility index (Phi) is 1.85. The van der Waals surface area contributed by atoms with Gasteiger partial charge in [0.05, 0.1) is 23.0 Å². The number of nitrogen functional groups attached to an aromatic ring is 1. The van der Waals surface area contributed by atoms with E-state index in [9.17, 15) is 0 Å². The molecule has 3 nitrogen and oxygen atoms in total. The standard InChI is InChI=1S/C11H13N3/c1-11(4-5-11)14-10-3-2-8(7-12)6-9(10)13/h2-3,6,14H,4-5,13H2,1H3. The Hall–Kier alpha value is -1.69. The monoisotopic (exact) mass is 187 g/mol. The lowest BCUT2D eigenvalue weighted by Gasteiger charge is -2.15. The molecule has 0 aromatic heterocycles. The fraction of sp³-hybridized carbons (Fsp3) is 0.364. The van der Waals surface area contributed by atoms with Gasteiger partial charge < -0.3 is 11.1 Å². The molecule has 0 amide bonds. The molecule has 0 spiro atoms. The van der Waals surface area contributed by atoms with Gasteiger partial charge in [0.15, 0.2) is 0 Å². The number of benzene rings is 1. The summed E-state index contributed by atoms with van der Waals surface area (Å²) in [4.78, 5) is 0. The lowest BCUT2D eigenvalue weighted by atomic mass is 10.1. The van der Waals surface area contributed by atoms with Crippen LogP contribution in [0.3, 0.4) is 0 Å². The predicted octanol–water partition coefficient (Wildman–Crippen LogP) is 2.10. The molecule has 0 atom stereocenters. The molecule has 0 aliphatic heterocycles. The minimum Gasteiger partial charge on any atom is -0.397 e. The topological polar surface area (TPSA) is 61.8 Å². The molecule has 0 saturated heterocycles. The van der Waals surface area contributed by atoms with Crippen molar-refractivity contribution in [2.45, 2.75) is 25.3 Å². The van der Waals surface area contributed by atoms with Crippen LogP contribution < -0.4 is 11.1 Å². The number of nitriles is 1. The molecule has 2 rings (SSSR count). The van der Waals surface area contributed by atoms with Gasteiger partial charge in [0, 0.05) is 5.54 Å². The molecule has 0 heterocycles. The van der Waals surface area contributed by atoms with E-state index in [-0.39, 0.29) is 5.54 Å². The van der Waals surface area contributed by atoms with Crippen molar-refractivity contribution in [1.29, 1.82) is 5.26 Å². The van der Waals surface area contributed by atoms with Crippen LogP contribution in [0, 0.1) is 11.3 Å². The Bertz CT molecular complexity index is 399. The summed E-state index contributed by atoms with van der Waals surface area (Å²) in [5.74, 6) is 0. The second-order valence-electron chi connectivity index (χ2n) is 4.10. The van der Waals surface area contributed by atoms with Gasteiger partial charge in [-0.25, -0.2) is 0 Å². The van der Waals surface area contributed by atoms with Crippen LogP contribution in [0.25, 0.3) is 0 Å². The Morgan fingerprint density at radius 2 is 2.21 bits per heavy atom. The van der Waals surface area contributed by atoms with Crippen molar-refractivity contribution in [3.05, 3.63) is 23.8 Å². The minimum atomic E-state index is 0.224. The fourth-order valence-electron chi connectivity index (χ4n) is 1.38. The Morgan fingerprint density at radius 1 is 1.50 bits per heavy atom. The first kappa shape index (κ1) is 8.89. The van der Waals surface area contributed by atoms with Crippen LogP contribution in [0.1, 0.15) is 25.3 Å². The van der Waals surface area contributed by atoms with Gasteiger partial charge >= 0.3 is 0 Å². The summed E-state index contributed by atoms with van der Waals surface area (Å²) in [7, 11) is 0. The number of hydrogen-bond donors (Lipinski definition) is 2. The predicted molar refractivity (Wildman–Crippen MR) is 56.8 cm³/mol. The van der Waals surface area contributed by atoms with Crippen LogP contribution in [0.2, 0.25) is 0 Å². The molecule has 1 saturated carbocycles. The van der Waals surface area contributed by atoms with Gasteiger partial charge in [-0.15, -0.1) is 0 Å². The van der Waals surface area contributed by atoms with Gasteiger partial charge in [-0.05, 0) is 38.0 Å². The number of nitrogens with two attached hydrogens (primary N) is 1. The summed E-state index contributed by atoms with van der Waals surface area (Å²) in [6.07, 6.45) is 2.37. The van der Waals surface area contributed by atoms with E-state index in [2.05, 4.69) is 18.3 Å². The largest absolute Gasteiger partial charge is 0.397 e. The Morgan fingerprint density at radius 3 is 2.71 bits per heavy atom. The number of rotatable bonds is 2. The normalized spacial score (nSPS) is 17.1. The molecule has 1 aliphatic rings. The summed E-state index contributed by atoms with van der Waals surface area (Å²) < 4.78 is 0. The van der Waals surface area contributed by atoms with Gasteiger partial charge in [0.2, 0.25) is 0 Å². The SMILES string of the molecule is CC1(Nc2ccc(C#N)cc2N)CC1. The third kappa shape index (κ3) is 1.64. The van der Waals surface area contributed by atoms with Crippen LogP contribution in [-0.4, -0.2) is 5.54 Å². The van der Waals surface area contributed by atoms with Crippen molar-refractivity contribution >= 4 is 11.4 Å². The molecule has 3 N–H and O–H groups in total. The van der Waals surface area contributed by atoms with Crippen molar-refractivity contribution in [3.63, 3.8) is 0 Å². The third-order valence-electron chi connectivity index (χ3n) is 2.62. The molecule has 1 aromatic rings. The Labute approximate surface area is 83.5 Å². The highest BCUT2D eigenvalue weighted by molar-refractivity contribution is 5.69. The van der Waals surface area contributed by atoms with Gasteiger partial charge in [0.1, 0.15) is 0 Å². The van der Waals surface area contributed by atoms with E-state index in [1.807, 2.05) is 6.07 Å². The van der Waals surface area contributed by atoms with E-state index >= 15 is 0 Å². The molecule has 1 fully saturated rings. The smallest absolute Gasteiger partial charge is 0.0992 e. The molecular formula is C11H13N3. The van der Waals surface area contributed by atoms with E-state index in [0.29, 0.717) is 11.3 Å². The zero-order valence-corrected chi connectivity index (χ0v) is 8.17. The Balaban J connectivity index is 2.23. The summed E-state index contributed by atoms with van der Waals surface area (Å²) in [5, 5.41) is 12.0. The maximum absolute atomic E-state index is 8.67. The average molecular weight is 187 g/mol. The zero-order valence-electron chi connectivity index (χ0n) is 8.17. The maximum atomic E-state index is 8.67. The quantitative estimate of drug-likeness (QED) is 0.697.